The number of nitrogens with zero attached hydrogens (tertiary/aromatic N) is 4. The van der Waals surface area contributed by atoms with Gasteiger partial charge in [-0.15, -0.1) is 5.10 Å². The van der Waals surface area contributed by atoms with Crippen LogP contribution >= 0.6 is 11.6 Å². The van der Waals surface area contributed by atoms with Gasteiger partial charge in [0.05, 0.1) is 9.92 Å². The molecule has 0 bridgehead atoms. The maximum absolute atomic E-state index is 12.2. The van der Waals surface area contributed by atoms with E-state index in [-0.39, 0.29) is 30.5 Å². The highest BCUT2D eigenvalue weighted by molar-refractivity contribution is 7.89. The Morgan fingerprint density at radius 3 is 2.59 bits per heavy atom. The second-order valence-electron chi connectivity index (χ2n) is 5.94. The molecule has 12 heteroatoms. The predicted octanol–water partition coefficient (Wildman–Crippen LogP) is 0.869. The van der Waals surface area contributed by atoms with Gasteiger partial charge in [0.2, 0.25) is 15.9 Å². The number of amides is 1. The van der Waals surface area contributed by atoms with Gasteiger partial charge in [0.1, 0.15) is 18.9 Å². The number of ether oxygens (including phenoxy) is 1. The van der Waals surface area contributed by atoms with E-state index in [1.807, 2.05) is 0 Å². The van der Waals surface area contributed by atoms with Crippen molar-refractivity contribution in [3.05, 3.63) is 64.9 Å². The molecule has 0 spiro atoms. The van der Waals surface area contributed by atoms with Crippen LogP contribution in [0.3, 0.4) is 0 Å². The van der Waals surface area contributed by atoms with Gasteiger partial charge in [-0.05, 0) is 40.3 Å². The quantitative estimate of drug-likeness (QED) is 0.533. The van der Waals surface area contributed by atoms with Crippen LogP contribution < -0.4 is 15.2 Å². The van der Waals surface area contributed by atoms with Gasteiger partial charge < -0.3 is 10.1 Å². The van der Waals surface area contributed by atoms with E-state index < -0.39 is 10.0 Å². The van der Waals surface area contributed by atoms with E-state index in [1.165, 1.54) is 16.8 Å². The van der Waals surface area contributed by atoms with Gasteiger partial charge in [-0.3, -0.25) is 4.79 Å². The molecule has 10 nitrogen and oxygen atoms in total. The Kier molecular flexibility index (Phi) is 6.42. The Bertz CT molecular complexity index is 1100. The molecule has 0 aliphatic heterocycles. The van der Waals surface area contributed by atoms with Crippen LogP contribution in [0.2, 0.25) is 5.02 Å². The molecule has 2 aromatic carbocycles. The van der Waals surface area contributed by atoms with E-state index in [2.05, 4.69) is 20.8 Å². The summed E-state index contributed by atoms with van der Waals surface area (Å²) < 4.78 is 29.4. The minimum atomic E-state index is -3.75. The standard InChI is InChI=1S/C17H17ClN6O4S/c18-14-3-1-2-4-15(14)28-11-16-21-22-23-24(16)10-17(25)20-9-12-5-7-13(8-6-12)29(19,26)27/h1-8H,9-11H2,(H,20,25)(H2,19,26,27). The minimum Gasteiger partial charge on any atom is -0.484 e. The van der Waals surface area contributed by atoms with Crippen molar-refractivity contribution in [2.45, 2.75) is 24.6 Å². The van der Waals surface area contributed by atoms with Crippen molar-refractivity contribution in [1.29, 1.82) is 0 Å². The largest absolute Gasteiger partial charge is 0.484 e. The smallest absolute Gasteiger partial charge is 0.242 e. The zero-order valence-electron chi connectivity index (χ0n) is 15.0. The third-order valence-electron chi connectivity index (χ3n) is 3.83. The summed E-state index contributed by atoms with van der Waals surface area (Å²) >= 11 is 6.03. The Hall–Kier alpha value is -3.02. The second kappa shape index (κ2) is 8.99. The van der Waals surface area contributed by atoms with Gasteiger partial charge in [-0.25, -0.2) is 18.2 Å². The van der Waals surface area contributed by atoms with Crippen molar-refractivity contribution in [1.82, 2.24) is 25.5 Å². The molecule has 0 atom stereocenters. The summed E-state index contributed by atoms with van der Waals surface area (Å²) in [5.74, 6) is 0.514. The maximum atomic E-state index is 12.2. The molecule has 1 aromatic heterocycles. The van der Waals surface area contributed by atoms with Crippen LogP contribution in [0, 0.1) is 0 Å². The molecule has 3 aromatic rings. The first-order valence-corrected chi connectivity index (χ1v) is 10.3. The number of nitrogens with two attached hydrogens (primary N) is 1. The predicted molar refractivity (Wildman–Crippen MR) is 103 cm³/mol. The highest BCUT2D eigenvalue weighted by atomic mass is 35.5. The summed E-state index contributed by atoms with van der Waals surface area (Å²) in [7, 11) is -3.75. The van der Waals surface area contributed by atoms with Gasteiger partial charge in [0.25, 0.3) is 0 Å². The summed E-state index contributed by atoms with van der Waals surface area (Å²) in [6, 6.07) is 12.9. The van der Waals surface area contributed by atoms with Crippen molar-refractivity contribution in [2.75, 3.05) is 0 Å². The molecule has 3 N–H and O–H groups in total. The summed E-state index contributed by atoms with van der Waals surface area (Å²) in [5.41, 5.74) is 0.713. The number of nitrogens with one attached hydrogen (secondary N) is 1. The van der Waals surface area contributed by atoms with Crippen LogP contribution in [0.25, 0.3) is 0 Å². The lowest BCUT2D eigenvalue weighted by molar-refractivity contribution is -0.122. The molecule has 0 saturated carbocycles. The number of aromatic nitrogens is 4. The monoisotopic (exact) mass is 436 g/mol. The highest BCUT2D eigenvalue weighted by Gasteiger charge is 2.12. The first-order valence-electron chi connectivity index (χ1n) is 8.34. The first-order chi connectivity index (χ1) is 13.8. The van der Waals surface area contributed by atoms with E-state index in [4.69, 9.17) is 21.5 Å². The molecule has 0 aliphatic rings. The molecule has 3 rings (SSSR count). The Labute approximate surface area is 171 Å². The lowest BCUT2D eigenvalue weighted by Gasteiger charge is -2.09. The Morgan fingerprint density at radius 2 is 1.90 bits per heavy atom. The Balaban J connectivity index is 1.54. The number of tetrazole rings is 1. The fourth-order valence-corrected chi connectivity index (χ4v) is 3.05. The molecule has 0 radical (unpaired) electrons. The minimum absolute atomic E-state index is 0.00410. The zero-order chi connectivity index (χ0) is 20.9. The van der Waals surface area contributed by atoms with E-state index in [0.717, 1.165) is 0 Å². The third-order valence-corrected chi connectivity index (χ3v) is 5.08. The summed E-state index contributed by atoms with van der Waals surface area (Å²) in [4.78, 5) is 12.2. The van der Waals surface area contributed by atoms with Gasteiger partial charge in [0, 0.05) is 6.54 Å². The zero-order valence-corrected chi connectivity index (χ0v) is 16.6. The van der Waals surface area contributed by atoms with Gasteiger partial charge in [-0.1, -0.05) is 35.9 Å². The van der Waals surface area contributed by atoms with E-state index in [0.29, 0.717) is 22.2 Å². The summed E-state index contributed by atoms with van der Waals surface area (Å²) in [6.07, 6.45) is 0. The maximum Gasteiger partial charge on any atom is 0.242 e. The normalized spacial score (nSPS) is 11.2. The molecular weight excluding hydrogens is 420 g/mol. The average molecular weight is 437 g/mol. The number of carbonyl (C=O) groups is 1. The number of sulfonamides is 1. The molecular formula is C17H17ClN6O4S. The fourth-order valence-electron chi connectivity index (χ4n) is 2.34. The molecule has 0 saturated heterocycles. The third kappa shape index (κ3) is 5.73. The first kappa shape index (κ1) is 20.7. The topological polar surface area (TPSA) is 142 Å². The van der Waals surface area contributed by atoms with Crippen LogP contribution in [0.5, 0.6) is 5.75 Å². The van der Waals surface area contributed by atoms with Crippen molar-refractivity contribution < 1.29 is 17.9 Å². The second-order valence-corrected chi connectivity index (χ2v) is 7.91. The fraction of sp³-hybridized carbons (Fsp3) is 0.176. The number of halogens is 1. The van der Waals surface area contributed by atoms with Crippen LogP contribution in [0.15, 0.2) is 53.4 Å². The number of primary sulfonamides is 1. The number of hydrogen-bond donors (Lipinski definition) is 2. The molecule has 1 amide bonds. The molecule has 152 valence electrons. The number of para-hydroxylation sites is 1. The molecule has 0 unspecified atom stereocenters. The Morgan fingerprint density at radius 1 is 1.17 bits per heavy atom. The molecule has 1 heterocycles. The SMILES string of the molecule is NS(=O)(=O)c1ccc(CNC(=O)Cn2nnnc2COc2ccccc2Cl)cc1. The van der Waals surface area contributed by atoms with Crippen molar-refractivity contribution >= 4 is 27.5 Å². The van der Waals surface area contributed by atoms with Crippen LogP contribution in [-0.2, 0) is 34.5 Å². The van der Waals surface area contributed by atoms with Crippen molar-refractivity contribution in [2.24, 2.45) is 5.14 Å². The average Bonchev–Trinajstić information content (AvgIpc) is 3.12. The molecule has 29 heavy (non-hydrogen) atoms. The van der Waals surface area contributed by atoms with Crippen molar-refractivity contribution in [3.63, 3.8) is 0 Å². The molecule has 0 fully saturated rings. The number of carbonyl (C=O) groups excluding carboxylic acids is 1. The lowest BCUT2D eigenvalue weighted by atomic mass is 10.2. The molecule has 0 aliphatic carbocycles. The van der Waals surface area contributed by atoms with Crippen LogP contribution in [-0.4, -0.2) is 34.5 Å². The van der Waals surface area contributed by atoms with Crippen LogP contribution in [0.1, 0.15) is 11.4 Å². The highest BCUT2D eigenvalue weighted by Crippen LogP contribution is 2.23. The summed E-state index contributed by atoms with van der Waals surface area (Å²) in [6.45, 7) is 0.139. The van der Waals surface area contributed by atoms with Gasteiger partial charge in [0.15, 0.2) is 5.82 Å². The van der Waals surface area contributed by atoms with Gasteiger partial charge in [-0.2, -0.15) is 0 Å². The summed E-state index contributed by atoms with van der Waals surface area (Å²) in [5, 5.41) is 19.4. The van der Waals surface area contributed by atoms with Crippen molar-refractivity contribution in [3.8, 4) is 5.75 Å². The van der Waals surface area contributed by atoms with Crippen LogP contribution in [0.4, 0.5) is 0 Å². The number of rotatable bonds is 8. The lowest BCUT2D eigenvalue weighted by Crippen LogP contribution is -2.28. The van der Waals surface area contributed by atoms with Gasteiger partial charge >= 0.3 is 0 Å². The van der Waals surface area contributed by atoms with E-state index >= 15 is 0 Å². The number of benzene rings is 2. The van der Waals surface area contributed by atoms with E-state index in [9.17, 15) is 13.2 Å². The van der Waals surface area contributed by atoms with E-state index in [1.54, 1.807) is 36.4 Å². The number of hydrogen-bond acceptors (Lipinski definition) is 7.